The number of thioether (sulfide) groups is 1. The van der Waals surface area contributed by atoms with Crippen molar-refractivity contribution in [1.82, 2.24) is 9.36 Å². The van der Waals surface area contributed by atoms with Crippen LogP contribution < -0.4 is 5.73 Å². The Hall–Kier alpha value is -0.130. The molecular weight excluding hydrogens is 202 g/mol. The summed E-state index contributed by atoms with van der Waals surface area (Å²) in [5, 5.41) is 0. The van der Waals surface area contributed by atoms with E-state index in [2.05, 4.69) is 23.2 Å². The van der Waals surface area contributed by atoms with Crippen molar-refractivity contribution in [3.63, 3.8) is 0 Å². The van der Waals surface area contributed by atoms with Crippen molar-refractivity contribution in [3.8, 4) is 0 Å². The number of rotatable bonds is 5. The van der Waals surface area contributed by atoms with Gasteiger partial charge in [0.1, 0.15) is 6.33 Å². The van der Waals surface area contributed by atoms with Crippen molar-refractivity contribution in [1.29, 1.82) is 0 Å². The molecule has 0 aromatic carbocycles. The van der Waals surface area contributed by atoms with E-state index in [1.165, 1.54) is 11.5 Å². The number of nitrogens with two attached hydrogens (primary N) is 1. The van der Waals surface area contributed by atoms with E-state index in [4.69, 9.17) is 5.73 Å². The van der Waals surface area contributed by atoms with E-state index >= 15 is 0 Å². The number of nitrogens with zero attached hydrogens (tertiary/aromatic N) is 2. The Morgan fingerprint density at radius 1 is 1.62 bits per heavy atom. The van der Waals surface area contributed by atoms with E-state index in [0.717, 1.165) is 23.1 Å². The van der Waals surface area contributed by atoms with Gasteiger partial charge in [-0.3, -0.25) is 0 Å². The molecule has 0 fully saturated rings. The molecule has 0 amide bonds. The number of hydrogen-bond donors (Lipinski definition) is 1. The van der Waals surface area contributed by atoms with Crippen molar-refractivity contribution in [2.75, 3.05) is 12.3 Å². The van der Waals surface area contributed by atoms with Crippen LogP contribution in [-0.2, 0) is 0 Å². The monoisotopic (exact) mass is 217 g/mol. The van der Waals surface area contributed by atoms with E-state index in [1.807, 2.05) is 0 Å². The van der Waals surface area contributed by atoms with Gasteiger partial charge in [0.2, 0.25) is 0 Å². The van der Waals surface area contributed by atoms with Crippen molar-refractivity contribution < 1.29 is 0 Å². The molecule has 13 heavy (non-hydrogen) atoms. The van der Waals surface area contributed by atoms with Gasteiger partial charge in [-0.25, -0.2) is 4.98 Å². The Labute approximate surface area is 87.3 Å². The molecule has 0 bridgehead atoms. The third-order valence-electron chi connectivity index (χ3n) is 1.90. The van der Waals surface area contributed by atoms with Crippen LogP contribution in [0.4, 0.5) is 0 Å². The van der Waals surface area contributed by atoms with Gasteiger partial charge in [0.05, 0.1) is 0 Å². The molecule has 0 unspecified atom stereocenters. The van der Waals surface area contributed by atoms with Crippen LogP contribution in [-0.4, -0.2) is 21.7 Å². The highest BCUT2D eigenvalue weighted by Crippen LogP contribution is 2.25. The normalized spacial score (nSPS) is 11.9. The molecule has 0 aliphatic carbocycles. The fourth-order valence-electron chi connectivity index (χ4n) is 0.743. The Bertz CT molecular complexity index is 234. The third kappa shape index (κ3) is 4.06. The minimum absolute atomic E-state index is 0.248. The molecular formula is C8H15N3S2. The van der Waals surface area contributed by atoms with E-state index in [0.29, 0.717) is 0 Å². The maximum absolute atomic E-state index is 5.63. The molecule has 1 aromatic rings. The van der Waals surface area contributed by atoms with Gasteiger partial charge in [-0.2, -0.15) is 4.37 Å². The fraction of sp³-hybridized carbons (Fsp3) is 0.750. The molecule has 0 atom stereocenters. The van der Waals surface area contributed by atoms with E-state index in [9.17, 15) is 0 Å². The molecule has 0 saturated heterocycles. The zero-order valence-corrected chi connectivity index (χ0v) is 9.62. The second kappa shape index (κ2) is 4.93. The van der Waals surface area contributed by atoms with Gasteiger partial charge in [0.15, 0.2) is 4.34 Å². The summed E-state index contributed by atoms with van der Waals surface area (Å²) < 4.78 is 4.99. The number of aromatic nitrogens is 2. The lowest BCUT2D eigenvalue weighted by Gasteiger charge is -2.21. The Kier molecular flexibility index (Phi) is 4.15. The standard InChI is InChI=1S/C8H15N3S2/c1-8(2,5-9)3-4-12-7-10-6-11-13-7/h6H,3-5,9H2,1-2H3. The van der Waals surface area contributed by atoms with Gasteiger partial charge in [0.25, 0.3) is 0 Å². The average Bonchev–Trinajstić information content (AvgIpc) is 2.57. The smallest absolute Gasteiger partial charge is 0.169 e. The maximum atomic E-state index is 5.63. The maximum Gasteiger partial charge on any atom is 0.169 e. The summed E-state index contributed by atoms with van der Waals surface area (Å²) in [7, 11) is 0. The van der Waals surface area contributed by atoms with E-state index in [1.54, 1.807) is 18.1 Å². The molecule has 2 N–H and O–H groups in total. The minimum atomic E-state index is 0.248. The Morgan fingerprint density at radius 2 is 2.38 bits per heavy atom. The summed E-state index contributed by atoms with van der Waals surface area (Å²) in [6, 6.07) is 0. The van der Waals surface area contributed by atoms with E-state index < -0.39 is 0 Å². The first-order chi connectivity index (χ1) is 6.14. The highest BCUT2D eigenvalue weighted by Gasteiger charge is 2.15. The molecule has 0 radical (unpaired) electrons. The van der Waals surface area contributed by atoms with Crippen LogP contribution in [0.25, 0.3) is 0 Å². The zero-order valence-electron chi connectivity index (χ0n) is 7.99. The van der Waals surface area contributed by atoms with Crippen LogP contribution in [0.1, 0.15) is 20.3 Å². The van der Waals surface area contributed by atoms with Gasteiger partial charge >= 0.3 is 0 Å². The van der Waals surface area contributed by atoms with Gasteiger partial charge in [-0.15, -0.1) is 0 Å². The Balaban J connectivity index is 2.21. The average molecular weight is 217 g/mol. The lowest BCUT2D eigenvalue weighted by atomic mass is 9.91. The molecule has 0 aliphatic rings. The summed E-state index contributed by atoms with van der Waals surface area (Å²) in [5.74, 6) is 1.07. The first kappa shape index (κ1) is 10.9. The molecule has 1 rings (SSSR count). The van der Waals surface area contributed by atoms with Crippen molar-refractivity contribution in [3.05, 3.63) is 6.33 Å². The topological polar surface area (TPSA) is 51.8 Å². The SMILES string of the molecule is CC(C)(CN)CCSc1ncns1. The fourth-order valence-corrected chi connectivity index (χ4v) is 2.56. The van der Waals surface area contributed by atoms with Crippen molar-refractivity contribution in [2.45, 2.75) is 24.6 Å². The molecule has 3 nitrogen and oxygen atoms in total. The molecule has 5 heteroatoms. The second-order valence-corrected chi connectivity index (χ2v) is 5.80. The zero-order chi connectivity index (χ0) is 9.73. The van der Waals surface area contributed by atoms with Gasteiger partial charge < -0.3 is 5.73 Å². The number of hydrogen-bond acceptors (Lipinski definition) is 5. The molecule has 1 heterocycles. The molecule has 0 spiro atoms. The highest BCUT2D eigenvalue weighted by atomic mass is 32.2. The molecule has 0 saturated carbocycles. The highest BCUT2D eigenvalue weighted by molar-refractivity contribution is 8.00. The first-order valence-corrected chi connectivity index (χ1v) is 5.99. The quantitative estimate of drug-likeness (QED) is 0.767. The summed E-state index contributed by atoms with van der Waals surface area (Å²) in [6.45, 7) is 5.12. The lowest BCUT2D eigenvalue weighted by Crippen LogP contribution is -2.23. The molecule has 1 aromatic heterocycles. The summed E-state index contributed by atoms with van der Waals surface area (Å²) in [5.41, 5.74) is 5.88. The Morgan fingerprint density at radius 3 is 2.92 bits per heavy atom. The molecule has 74 valence electrons. The van der Waals surface area contributed by atoms with Crippen LogP contribution in [0.3, 0.4) is 0 Å². The largest absolute Gasteiger partial charge is 0.330 e. The van der Waals surface area contributed by atoms with Crippen molar-refractivity contribution >= 4 is 23.3 Å². The third-order valence-corrected chi connectivity index (χ3v) is 3.70. The van der Waals surface area contributed by atoms with Crippen LogP contribution in [0.15, 0.2) is 10.7 Å². The van der Waals surface area contributed by atoms with Crippen LogP contribution >= 0.6 is 23.3 Å². The van der Waals surface area contributed by atoms with Gasteiger partial charge in [-0.05, 0) is 29.9 Å². The summed E-state index contributed by atoms with van der Waals surface area (Å²) in [6.07, 6.45) is 2.72. The molecule has 0 aliphatic heterocycles. The summed E-state index contributed by atoms with van der Waals surface area (Å²) in [4.78, 5) is 4.10. The second-order valence-electron chi connectivity index (χ2n) is 3.67. The van der Waals surface area contributed by atoms with Crippen molar-refractivity contribution in [2.24, 2.45) is 11.1 Å². The van der Waals surface area contributed by atoms with Gasteiger partial charge in [-0.1, -0.05) is 25.6 Å². The lowest BCUT2D eigenvalue weighted by molar-refractivity contribution is 0.368. The predicted molar refractivity (Wildman–Crippen MR) is 58.1 cm³/mol. The predicted octanol–water partition coefficient (Wildman–Crippen LogP) is 2.01. The summed E-state index contributed by atoms with van der Waals surface area (Å²) >= 11 is 3.21. The first-order valence-electron chi connectivity index (χ1n) is 4.23. The minimum Gasteiger partial charge on any atom is -0.330 e. The van der Waals surface area contributed by atoms with Gasteiger partial charge in [0, 0.05) is 5.75 Å². The van der Waals surface area contributed by atoms with Crippen LogP contribution in [0.5, 0.6) is 0 Å². The van der Waals surface area contributed by atoms with Crippen LogP contribution in [0, 0.1) is 5.41 Å². The van der Waals surface area contributed by atoms with E-state index in [-0.39, 0.29) is 5.41 Å². The van der Waals surface area contributed by atoms with Crippen LogP contribution in [0.2, 0.25) is 0 Å².